The largest absolute Gasteiger partial charge is 0.264 e. The van der Waals surface area contributed by atoms with Crippen LogP contribution < -0.4 is 0 Å². The third-order valence-electron chi connectivity index (χ3n) is 7.99. The van der Waals surface area contributed by atoms with Gasteiger partial charge in [-0.2, -0.15) is 0 Å². The van der Waals surface area contributed by atoms with Gasteiger partial charge in [0.1, 0.15) is 0 Å². The quantitative estimate of drug-likeness (QED) is 0.225. The first-order chi connectivity index (χ1) is 20.8. The molecule has 3 heteroatoms. The first-order valence-electron chi connectivity index (χ1n) is 14.1. The normalized spacial score (nSPS) is 11.3. The molecule has 3 nitrogen and oxygen atoms in total. The van der Waals surface area contributed by atoms with Crippen molar-refractivity contribution in [2.24, 2.45) is 0 Å². The smallest absolute Gasteiger partial charge is 0.160 e. The van der Waals surface area contributed by atoms with Gasteiger partial charge in [-0.05, 0) is 50.2 Å². The van der Waals surface area contributed by atoms with Crippen LogP contribution in [-0.2, 0) is 0 Å². The molecule has 196 valence electrons. The van der Waals surface area contributed by atoms with E-state index in [-0.39, 0.29) is 0 Å². The minimum absolute atomic E-state index is 0.706. The van der Waals surface area contributed by atoms with Crippen molar-refractivity contribution in [3.05, 3.63) is 152 Å². The first-order valence-corrected chi connectivity index (χ1v) is 14.1. The van der Waals surface area contributed by atoms with E-state index in [0.717, 1.165) is 39.0 Å². The molecule has 0 atom stereocenters. The van der Waals surface area contributed by atoms with Crippen LogP contribution in [0.4, 0.5) is 0 Å². The summed E-state index contributed by atoms with van der Waals surface area (Å²) in [5.74, 6) is 0.706. The lowest BCUT2D eigenvalue weighted by atomic mass is 9.97. The van der Waals surface area contributed by atoms with Crippen molar-refractivity contribution in [3.8, 4) is 45.0 Å². The zero-order valence-corrected chi connectivity index (χ0v) is 22.8. The molecule has 0 amide bonds. The van der Waals surface area contributed by atoms with Crippen LogP contribution in [0.1, 0.15) is 0 Å². The van der Waals surface area contributed by atoms with Gasteiger partial charge < -0.3 is 0 Å². The molecule has 0 unspecified atom stereocenters. The highest BCUT2D eigenvalue weighted by Crippen LogP contribution is 2.35. The van der Waals surface area contributed by atoms with Crippen LogP contribution in [0, 0.1) is 0 Å². The van der Waals surface area contributed by atoms with Crippen LogP contribution in [0.5, 0.6) is 0 Å². The fourth-order valence-electron chi connectivity index (χ4n) is 5.92. The van der Waals surface area contributed by atoms with Crippen LogP contribution in [-0.4, -0.2) is 15.0 Å². The van der Waals surface area contributed by atoms with Gasteiger partial charge in [0.2, 0.25) is 0 Å². The lowest BCUT2D eigenvalue weighted by Gasteiger charge is -2.13. The summed E-state index contributed by atoms with van der Waals surface area (Å²) in [7, 11) is 0. The maximum Gasteiger partial charge on any atom is 0.160 e. The van der Waals surface area contributed by atoms with Gasteiger partial charge in [-0.15, -0.1) is 0 Å². The predicted molar refractivity (Wildman–Crippen MR) is 174 cm³/mol. The summed E-state index contributed by atoms with van der Waals surface area (Å²) >= 11 is 0. The van der Waals surface area contributed by atoms with Crippen LogP contribution >= 0.6 is 0 Å². The Kier molecular flexibility index (Phi) is 5.79. The number of fused-ring (bicyclic) bond motifs is 3. The fourth-order valence-corrected chi connectivity index (χ4v) is 5.92. The van der Waals surface area contributed by atoms with Crippen LogP contribution in [0.3, 0.4) is 0 Å². The molecule has 0 aliphatic carbocycles. The van der Waals surface area contributed by atoms with E-state index in [1.807, 2.05) is 12.4 Å². The lowest BCUT2D eigenvalue weighted by Crippen LogP contribution is -1.97. The lowest BCUT2D eigenvalue weighted by molar-refractivity contribution is 1.19. The summed E-state index contributed by atoms with van der Waals surface area (Å²) in [6.45, 7) is 0. The highest BCUT2D eigenvalue weighted by molar-refractivity contribution is 5.99. The monoisotopic (exact) mass is 535 g/mol. The van der Waals surface area contributed by atoms with E-state index >= 15 is 0 Å². The summed E-state index contributed by atoms with van der Waals surface area (Å²) < 4.78 is 0. The number of hydrogen-bond donors (Lipinski definition) is 0. The molecule has 0 aliphatic heterocycles. The molecule has 8 rings (SSSR count). The van der Waals surface area contributed by atoms with E-state index < -0.39 is 0 Å². The number of rotatable bonds is 4. The Morgan fingerprint density at radius 3 is 1.52 bits per heavy atom. The second-order valence-corrected chi connectivity index (χ2v) is 10.5. The molecule has 2 heterocycles. The standard InChI is InChI=1S/C39H25N3/c1-3-13-32-26(8-1)10-5-16-35(32)37-24-38(36-17-6-11-27-9-2-4-14-33(27)36)42-39(41-37)29-20-18-28(19-21-29)31-15-7-12-30-25-40-23-22-34(30)31/h1-25H. The van der Waals surface area contributed by atoms with Gasteiger partial charge in [0.05, 0.1) is 11.4 Å². The summed E-state index contributed by atoms with van der Waals surface area (Å²) in [5, 5.41) is 7.05. The zero-order valence-electron chi connectivity index (χ0n) is 22.8. The molecule has 0 saturated carbocycles. The van der Waals surface area contributed by atoms with E-state index in [0.29, 0.717) is 5.82 Å². The molecule has 8 aromatic rings. The molecule has 0 spiro atoms. The third-order valence-corrected chi connectivity index (χ3v) is 7.99. The van der Waals surface area contributed by atoms with E-state index in [1.54, 1.807) is 0 Å². The first kappa shape index (κ1) is 24.2. The minimum Gasteiger partial charge on any atom is -0.264 e. The molecule has 0 N–H and O–H groups in total. The van der Waals surface area contributed by atoms with E-state index in [4.69, 9.17) is 9.97 Å². The number of pyridine rings is 1. The van der Waals surface area contributed by atoms with Gasteiger partial charge >= 0.3 is 0 Å². The second-order valence-electron chi connectivity index (χ2n) is 10.5. The topological polar surface area (TPSA) is 38.7 Å². The maximum absolute atomic E-state index is 5.16. The minimum atomic E-state index is 0.706. The predicted octanol–water partition coefficient (Wildman–Crippen LogP) is 10.00. The van der Waals surface area contributed by atoms with Gasteiger partial charge in [0, 0.05) is 34.5 Å². The van der Waals surface area contributed by atoms with Gasteiger partial charge in [-0.1, -0.05) is 127 Å². The Morgan fingerprint density at radius 2 is 0.881 bits per heavy atom. The molecule has 2 aromatic heterocycles. The average Bonchev–Trinajstić information content (AvgIpc) is 3.07. The molecule has 0 fully saturated rings. The van der Waals surface area contributed by atoms with Gasteiger partial charge in [0.25, 0.3) is 0 Å². The molecule has 0 aliphatic rings. The van der Waals surface area contributed by atoms with Crippen molar-refractivity contribution in [3.63, 3.8) is 0 Å². The van der Waals surface area contributed by atoms with Crippen molar-refractivity contribution in [1.29, 1.82) is 0 Å². The maximum atomic E-state index is 5.16. The summed E-state index contributed by atoms with van der Waals surface area (Å²) in [5.41, 5.74) is 7.32. The third kappa shape index (κ3) is 4.20. The molecule has 42 heavy (non-hydrogen) atoms. The van der Waals surface area contributed by atoms with Crippen molar-refractivity contribution in [2.75, 3.05) is 0 Å². The Labute approximate surface area is 243 Å². The second kappa shape index (κ2) is 10.1. The average molecular weight is 536 g/mol. The van der Waals surface area contributed by atoms with Crippen molar-refractivity contribution >= 4 is 32.3 Å². The highest BCUT2D eigenvalue weighted by atomic mass is 14.9. The SMILES string of the molecule is c1cc(-c2ccc(-c3nc(-c4cccc5ccccc45)cc(-c4cccc5ccccc45)n3)cc2)c2ccncc2c1. The van der Waals surface area contributed by atoms with Gasteiger partial charge in [0.15, 0.2) is 5.82 Å². The van der Waals surface area contributed by atoms with Crippen LogP contribution in [0.2, 0.25) is 0 Å². The highest BCUT2D eigenvalue weighted by Gasteiger charge is 2.14. The Morgan fingerprint density at radius 1 is 0.381 bits per heavy atom. The van der Waals surface area contributed by atoms with Crippen molar-refractivity contribution in [2.45, 2.75) is 0 Å². The van der Waals surface area contributed by atoms with E-state index in [9.17, 15) is 0 Å². The fraction of sp³-hybridized carbons (Fsp3) is 0. The Balaban J connectivity index is 1.31. The molecular weight excluding hydrogens is 510 g/mol. The van der Waals surface area contributed by atoms with Crippen molar-refractivity contribution < 1.29 is 0 Å². The van der Waals surface area contributed by atoms with E-state index in [1.165, 1.54) is 32.5 Å². The van der Waals surface area contributed by atoms with E-state index in [2.05, 4.69) is 145 Å². The van der Waals surface area contributed by atoms with Crippen LogP contribution in [0.15, 0.2) is 152 Å². The van der Waals surface area contributed by atoms with Gasteiger partial charge in [-0.25, -0.2) is 9.97 Å². The molecule has 0 saturated heterocycles. The summed E-state index contributed by atoms with van der Waals surface area (Å²) in [6.07, 6.45) is 3.76. The summed E-state index contributed by atoms with van der Waals surface area (Å²) in [4.78, 5) is 14.6. The number of hydrogen-bond acceptors (Lipinski definition) is 3. The van der Waals surface area contributed by atoms with Crippen molar-refractivity contribution in [1.82, 2.24) is 15.0 Å². The van der Waals surface area contributed by atoms with Crippen LogP contribution in [0.25, 0.3) is 77.3 Å². The Hall–Kier alpha value is -5.67. The summed E-state index contributed by atoms with van der Waals surface area (Å²) in [6, 6.07) is 48.9. The van der Waals surface area contributed by atoms with Gasteiger partial charge in [-0.3, -0.25) is 4.98 Å². The Bertz CT molecular complexity index is 2140. The number of aromatic nitrogens is 3. The molecule has 0 bridgehead atoms. The number of nitrogens with zero attached hydrogens (tertiary/aromatic N) is 3. The zero-order chi connectivity index (χ0) is 27.9. The molecular formula is C39H25N3. The molecule has 0 radical (unpaired) electrons. The molecule has 6 aromatic carbocycles. The number of benzene rings is 6.